The second-order valence-electron chi connectivity index (χ2n) is 4.75. The molecule has 2 atom stereocenters. The molecule has 102 valence electrons. The predicted molar refractivity (Wildman–Crippen MR) is 59.1 cm³/mol. The SMILES string of the molecule is N#C[C@@]12CC([N+](=O)[O-])=C([NH3+])[C@@]1(C#N)CC([N+](=O)[O-])=C2[NH3+]. The second kappa shape index (κ2) is 3.84. The summed E-state index contributed by atoms with van der Waals surface area (Å²) in [6.45, 7) is 0. The van der Waals surface area contributed by atoms with Crippen molar-refractivity contribution in [1.29, 1.82) is 10.5 Å². The molecule has 0 fully saturated rings. The van der Waals surface area contributed by atoms with Gasteiger partial charge in [0.05, 0.1) is 34.8 Å². The number of hydrogen-bond acceptors (Lipinski definition) is 6. The van der Waals surface area contributed by atoms with E-state index in [1.165, 1.54) is 0 Å². The summed E-state index contributed by atoms with van der Waals surface area (Å²) in [6, 6.07) is 3.70. The molecule has 0 unspecified atom stereocenters. The standard InChI is InChI=1S/C10H8N6O4/c11-3-9-1-5(15(17)18)7(13)10(9,4-12)2-6(8(9)14)16(19)20/h1-2,13-14H2/p+2/t9-,10+. The second-order valence-corrected chi connectivity index (χ2v) is 4.75. The van der Waals surface area contributed by atoms with E-state index in [9.17, 15) is 30.8 Å². The van der Waals surface area contributed by atoms with E-state index in [-0.39, 0.29) is 35.6 Å². The Labute approximate surface area is 111 Å². The van der Waals surface area contributed by atoms with Crippen molar-refractivity contribution < 1.29 is 21.3 Å². The van der Waals surface area contributed by atoms with Gasteiger partial charge in [0.25, 0.3) is 0 Å². The maximum Gasteiger partial charge on any atom is 0.305 e. The lowest BCUT2D eigenvalue weighted by atomic mass is 9.67. The first-order valence-corrected chi connectivity index (χ1v) is 5.50. The van der Waals surface area contributed by atoms with Gasteiger partial charge in [0, 0.05) is 0 Å². The summed E-state index contributed by atoms with van der Waals surface area (Å²) in [5, 5.41) is 40.9. The molecule has 0 aromatic rings. The number of nitriles is 2. The monoisotopic (exact) mass is 278 g/mol. The first kappa shape index (κ1) is 13.6. The van der Waals surface area contributed by atoms with Crippen molar-refractivity contribution >= 4 is 0 Å². The number of quaternary nitrogens is 2. The Morgan fingerprint density at radius 3 is 1.45 bits per heavy atom. The smallest absolute Gasteiger partial charge is 0.305 e. The van der Waals surface area contributed by atoms with E-state index in [4.69, 9.17) is 0 Å². The Hall–Kier alpha value is -2.82. The van der Waals surface area contributed by atoms with Crippen LogP contribution in [0.25, 0.3) is 0 Å². The minimum absolute atomic E-state index is 0.135. The summed E-state index contributed by atoms with van der Waals surface area (Å²) >= 11 is 0. The molecule has 2 rings (SSSR count). The van der Waals surface area contributed by atoms with Gasteiger partial charge in [-0.15, -0.1) is 0 Å². The van der Waals surface area contributed by atoms with Gasteiger partial charge < -0.3 is 11.5 Å². The maximum absolute atomic E-state index is 11.0. The number of allylic oxidation sites excluding steroid dienone is 4. The summed E-state index contributed by atoms with van der Waals surface area (Å²) in [6.07, 6.45) is -0.780. The Morgan fingerprint density at radius 1 is 0.950 bits per heavy atom. The van der Waals surface area contributed by atoms with E-state index in [1.54, 1.807) is 0 Å². The molecule has 0 amide bonds. The van der Waals surface area contributed by atoms with E-state index in [0.29, 0.717) is 0 Å². The first-order chi connectivity index (χ1) is 9.27. The quantitative estimate of drug-likeness (QED) is 0.445. The van der Waals surface area contributed by atoms with Crippen molar-refractivity contribution in [2.24, 2.45) is 10.8 Å². The van der Waals surface area contributed by atoms with Crippen molar-refractivity contribution in [2.45, 2.75) is 12.8 Å². The van der Waals surface area contributed by atoms with Gasteiger partial charge in [-0.3, -0.25) is 20.2 Å². The zero-order chi connectivity index (χ0) is 15.3. The fourth-order valence-electron chi connectivity index (χ4n) is 2.99. The molecule has 0 bridgehead atoms. The number of fused-ring (bicyclic) bond motifs is 1. The molecule has 0 saturated carbocycles. The van der Waals surface area contributed by atoms with Crippen molar-refractivity contribution in [3.63, 3.8) is 0 Å². The molecule has 10 heteroatoms. The highest BCUT2D eigenvalue weighted by Crippen LogP contribution is 2.63. The average Bonchev–Trinajstić information content (AvgIpc) is 2.80. The molecule has 0 aliphatic heterocycles. The maximum atomic E-state index is 11.0. The summed E-state index contributed by atoms with van der Waals surface area (Å²) in [4.78, 5) is 20.6. The average molecular weight is 278 g/mol. The van der Waals surface area contributed by atoms with Crippen LogP contribution in [0.3, 0.4) is 0 Å². The minimum atomic E-state index is -1.68. The fraction of sp³-hybridized carbons (Fsp3) is 0.400. The van der Waals surface area contributed by atoms with Crippen molar-refractivity contribution in [2.75, 3.05) is 0 Å². The summed E-state index contributed by atoms with van der Waals surface area (Å²) in [7, 11) is 0. The highest BCUT2D eigenvalue weighted by molar-refractivity contribution is 5.48. The van der Waals surface area contributed by atoms with Crippen LogP contribution in [0.1, 0.15) is 12.8 Å². The van der Waals surface area contributed by atoms with Gasteiger partial charge in [-0.25, -0.2) is 0 Å². The number of nitrogens with zero attached hydrogens (tertiary/aromatic N) is 4. The highest BCUT2D eigenvalue weighted by atomic mass is 16.6. The van der Waals surface area contributed by atoms with Gasteiger partial charge in [0.15, 0.2) is 10.8 Å². The lowest BCUT2D eigenvalue weighted by molar-refractivity contribution is -0.451. The number of nitro groups is 2. The predicted octanol–water partition coefficient (Wildman–Crippen LogP) is -1.73. The van der Waals surface area contributed by atoms with Crippen LogP contribution in [-0.2, 0) is 0 Å². The van der Waals surface area contributed by atoms with E-state index in [0.717, 1.165) is 0 Å². The molecule has 6 N–H and O–H groups in total. The van der Waals surface area contributed by atoms with E-state index in [1.807, 2.05) is 12.1 Å². The van der Waals surface area contributed by atoms with Gasteiger partial charge in [-0.2, -0.15) is 10.5 Å². The van der Waals surface area contributed by atoms with Crippen LogP contribution in [0.15, 0.2) is 22.8 Å². The van der Waals surface area contributed by atoms with Gasteiger partial charge in [-0.1, -0.05) is 0 Å². The zero-order valence-corrected chi connectivity index (χ0v) is 10.3. The van der Waals surface area contributed by atoms with E-state index in [2.05, 4.69) is 11.5 Å². The molecular formula is C10H10N6O4+2. The van der Waals surface area contributed by atoms with Crippen LogP contribution >= 0.6 is 0 Å². The third kappa shape index (κ3) is 1.21. The van der Waals surface area contributed by atoms with Crippen LogP contribution in [-0.4, -0.2) is 9.85 Å². The van der Waals surface area contributed by atoms with Crippen LogP contribution in [0.2, 0.25) is 0 Å². The first-order valence-electron chi connectivity index (χ1n) is 5.50. The van der Waals surface area contributed by atoms with E-state index >= 15 is 0 Å². The molecule has 2 aliphatic carbocycles. The van der Waals surface area contributed by atoms with Gasteiger partial charge in [-0.05, 0) is 0 Å². The lowest BCUT2D eigenvalue weighted by Gasteiger charge is -2.24. The fourth-order valence-corrected chi connectivity index (χ4v) is 2.99. The molecule has 0 radical (unpaired) electrons. The van der Waals surface area contributed by atoms with Crippen molar-refractivity contribution in [3.8, 4) is 12.1 Å². The Morgan fingerprint density at radius 2 is 1.25 bits per heavy atom. The third-order valence-electron chi connectivity index (χ3n) is 4.14. The summed E-state index contributed by atoms with van der Waals surface area (Å²) in [5.41, 5.74) is 2.77. The normalized spacial score (nSPS) is 31.8. The van der Waals surface area contributed by atoms with Crippen molar-refractivity contribution in [3.05, 3.63) is 43.0 Å². The molecular weight excluding hydrogens is 268 g/mol. The molecule has 0 saturated heterocycles. The van der Waals surface area contributed by atoms with Gasteiger partial charge in [0.1, 0.15) is 0 Å². The van der Waals surface area contributed by atoms with Crippen LogP contribution < -0.4 is 11.5 Å². The third-order valence-corrected chi connectivity index (χ3v) is 4.14. The van der Waals surface area contributed by atoms with Crippen LogP contribution in [0.4, 0.5) is 0 Å². The summed E-state index contributed by atoms with van der Waals surface area (Å²) < 4.78 is 0. The molecule has 0 spiro atoms. The van der Waals surface area contributed by atoms with Crippen LogP contribution in [0.5, 0.6) is 0 Å². The molecule has 10 nitrogen and oxygen atoms in total. The topological polar surface area (TPSA) is 189 Å². The number of rotatable bonds is 2. The summed E-state index contributed by atoms with van der Waals surface area (Å²) in [5.74, 6) is 0. The Kier molecular flexibility index (Phi) is 2.61. The number of hydrogen-bond donors (Lipinski definition) is 2. The molecule has 0 aromatic carbocycles. The minimum Gasteiger partial charge on any atom is -0.322 e. The van der Waals surface area contributed by atoms with Crippen molar-refractivity contribution in [1.82, 2.24) is 0 Å². The Balaban J connectivity index is 2.76. The van der Waals surface area contributed by atoms with Gasteiger partial charge in [0.2, 0.25) is 11.4 Å². The highest BCUT2D eigenvalue weighted by Gasteiger charge is 2.75. The zero-order valence-electron chi connectivity index (χ0n) is 10.3. The van der Waals surface area contributed by atoms with Crippen LogP contribution in [0, 0.1) is 53.7 Å². The molecule has 0 heterocycles. The van der Waals surface area contributed by atoms with Gasteiger partial charge >= 0.3 is 11.4 Å². The largest absolute Gasteiger partial charge is 0.322 e. The lowest BCUT2D eigenvalue weighted by Crippen LogP contribution is -2.61. The molecule has 2 aliphatic rings. The van der Waals surface area contributed by atoms with E-state index < -0.39 is 20.7 Å². The molecule has 20 heavy (non-hydrogen) atoms. The Bertz CT molecular complexity index is 636. The molecule has 0 aromatic heterocycles.